The van der Waals surface area contributed by atoms with Gasteiger partial charge in [0.05, 0.1) is 13.2 Å². The number of hydrogen-bond acceptors (Lipinski definition) is 3. The number of anilines is 1. The van der Waals surface area contributed by atoms with Crippen LogP contribution in [0.4, 0.5) is 5.69 Å². The van der Waals surface area contributed by atoms with Gasteiger partial charge in [-0.05, 0) is 82.8 Å². The molecule has 5 heteroatoms. The summed E-state index contributed by atoms with van der Waals surface area (Å²) in [4.78, 5) is 17.4. The molecular formula is C20H31ClN2O2. The molecule has 1 unspecified atom stereocenters. The summed E-state index contributed by atoms with van der Waals surface area (Å²) in [6.07, 6.45) is 3.39. The highest BCUT2D eigenvalue weighted by molar-refractivity contribution is 5.97. The Morgan fingerprint density at radius 2 is 1.96 bits per heavy atom. The molecule has 1 aromatic carbocycles. The Morgan fingerprint density at radius 1 is 1.28 bits per heavy atom. The molecule has 0 spiro atoms. The van der Waals surface area contributed by atoms with Crippen molar-refractivity contribution in [1.82, 2.24) is 4.90 Å². The predicted octanol–water partition coefficient (Wildman–Crippen LogP) is 4.22. The second kappa shape index (κ2) is 7.96. The van der Waals surface area contributed by atoms with E-state index in [9.17, 15) is 4.79 Å². The highest BCUT2D eigenvalue weighted by atomic mass is 35.5. The Labute approximate surface area is 157 Å². The largest absolute Gasteiger partial charge is 0.494 e. The second-order valence-electron chi connectivity index (χ2n) is 7.78. The van der Waals surface area contributed by atoms with Crippen LogP contribution in [0.15, 0.2) is 18.2 Å². The van der Waals surface area contributed by atoms with Crippen molar-refractivity contribution in [2.45, 2.75) is 58.4 Å². The number of hydrogen-bond donors (Lipinski definition) is 0. The van der Waals surface area contributed by atoms with E-state index < -0.39 is 0 Å². The molecule has 1 fully saturated rings. The van der Waals surface area contributed by atoms with E-state index in [0.29, 0.717) is 19.1 Å². The van der Waals surface area contributed by atoms with Crippen LogP contribution in [0.1, 0.15) is 58.4 Å². The Bertz CT molecular complexity index is 612. The Kier molecular flexibility index (Phi) is 6.39. The molecule has 3 rings (SSSR count). The average molecular weight is 367 g/mol. The van der Waals surface area contributed by atoms with E-state index in [1.54, 1.807) is 0 Å². The van der Waals surface area contributed by atoms with Gasteiger partial charge in [0.2, 0.25) is 5.91 Å². The number of carbonyl (C=O) groups is 1. The van der Waals surface area contributed by atoms with Crippen LogP contribution in [0.3, 0.4) is 0 Å². The minimum absolute atomic E-state index is 0. The fourth-order valence-corrected chi connectivity index (χ4v) is 4.34. The van der Waals surface area contributed by atoms with Crippen LogP contribution in [0, 0.1) is 0 Å². The van der Waals surface area contributed by atoms with E-state index in [4.69, 9.17) is 4.74 Å². The maximum Gasteiger partial charge on any atom is 0.241 e. The fraction of sp³-hybridized carbons (Fsp3) is 0.650. The van der Waals surface area contributed by atoms with Gasteiger partial charge in [0, 0.05) is 11.2 Å². The first kappa shape index (κ1) is 20.1. The molecule has 1 aromatic rings. The maximum absolute atomic E-state index is 13.1. The lowest BCUT2D eigenvalue weighted by Crippen LogP contribution is -2.54. The van der Waals surface area contributed by atoms with Gasteiger partial charge in [-0.15, -0.1) is 12.4 Å². The van der Waals surface area contributed by atoms with Gasteiger partial charge in [0.25, 0.3) is 0 Å². The summed E-state index contributed by atoms with van der Waals surface area (Å²) in [5, 5.41) is 0. The Hall–Kier alpha value is -1.26. The van der Waals surface area contributed by atoms with Gasteiger partial charge in [-0.2, -0.15) is 0 Å². The summed E-state index contributed by atoms with van der Waals surface area (Å²) in [6, 6.07) is 6.18. The van der Waals surface area contributed by atoms with E-state index in [0.717, 1.165) is 30.9 Å². The fourth-order valence-electron chi connectivity index (χ4n) is 4.34. The van der Waals surface area contributed by atoms with Crippen LogP contribution in [-0.4, -0.2) is 42.6 Å². The number of fused-ring (bicyclic) bond motifs is 1. The molecule has 0 aliphatic carbocycles. The van der Waals surface area contributed by atoms with Crippen LogP contribution in [-0.2, 0) is 4.79 Å². The first-order valence-corrected chi connectivity index (χ1v) is 9.24. The lowest BCUT2D eigenvalue weighted by molar-refractivity contribution is -0.120. The second-order valence-corrected chi connectivity index (χ2v) is 7.78. The number of carbonyl (C=O) groups excluding carboxylic acids is 1. The smallest absolute Gasteiger partial charge is 0.241 e. The van der Waals surface area contributed by atoms with Crippen molar-refractivity contribution in [2.24, 2.45) is 0 Å². The molecule has 1 atom stereocenters. The summed E-state index contributed by atoms with van der Waals surface area (Å²) in [5.74, 6) is 1.54. The molecule has 1 amide bonds. The van der Waals surface area contributed by atoms with Gasteiger partial charge in [0.1, 0.15) is 5.75 Å². The number of rotatable bonds is 4. The van der Waals surface area contributed by atoms with Gasteiger partial charge in [-0.3, -0.25) is 9.69 Å². The molecule has 0 saturated carbocycles. The molecule has 0 radical (unpaired) electrons. The molecule has 2 aliphatic heterocycles. The zero-order chi connectivity index (χ0) is 17.3. The van der Waals surface area contributed by atoms with Crippen LogP contribution in [0.5, 0.6) is 5.75 Å². The van der Waals surface area contributed by atoms with Crippen LogP contribution >= 0.6 is 12.4 Å². The molecule has 0 bridgehead atoms. The van der Waals surface area contributed by atoms with E-state index in [-0.39, 0.29) is 23.9 Å². The lowest BCUT2D eigenvalue weighted by atomic mass is 9.80. The summed E-state index contributed by atoms with van der Waals surface area (Å²) in [7, 11) is 0. The van der Waals surface area contributed by atoms with Crippen molar-refractivity contribution in [2.75, 3.05) is 31.1 Å². The van der Waals surface area contributed by atoms with Gasteiger partial charge in [0.15, 0.2) is 0 Å². The van der Waals surface area contributed by atoms with Crippen molar-refractivity contribution in [3.8, 4) is 5.75 Å². The first-order valence-electron chi connectivity index (χ1n) is 9.24. The zero-order valence-corrected chi connectivity index (χ0v) is 16.7. The van der Waals surface area contributed by atoms with E-state index in [2.05, 4.69) is 37.8 Å². The normalized spacial score (nSPS) is 22.2. The molecular weight excluding hydrogens is 336 g/mol. The van der Waals surface area contributed by atoms with E-state index in [1.165, 1.54) is 18.4 Å². The predicted molar refractivity (Wildman–Crippen MR) is 105 cm³/mol. The third kappa shape index (κ3) is 4.12. The summed E-state index contributed by atoms with van der Waals surface area (Å²) < 4.78 is 5.66. The number of benzene rings is 1. The number of halogens is 1. The standard InChI is InChI=1S/C20H30N2O2.ClH/c1-5-24-16-8-9-18-17(12-16)15(2)13-20(3,4)22(18)19(23)14-21-10-6-7-11-21;/h8-9,12,15H,5-7,10-11,13-14H2,1-4H3;1H. The average Bonchev–Trinajstić information content (AvgIpc) is 3.00. The number of nitrogens with zero attached hydrogens (tertiary/aromatic N) is 2. The molecule has 4 nitrogen and oxygen atoms in total. The quantitative estimate of drug-likeness (QED) is 0.799. The molecule has 25 heavy (non-hydrogen) atoms. The summed E-state index contributed by atoms with van der Waals surface area (Å²) >= 11 is 0. The SMILES string of the molecule is CCOc1ccc2c(c1)C(C)CC(C)(C)N2C(=O)CN1CCCC1.Cl. The minimum Gasteiger partial charge on any atom is -0.494 e. The van der Waals surface area contributed by atoms with Gasteiger partial charge >= 0.3 is 0 Å². The third-order valence-electron chi connectivity index (χ3n) is 5.30. The molecule has 0 aromatic heterocycles. The highest BCUT2D eigenvalue weighted by Crippen LogP contribution is 2.44. The van der Waals surface area contributed by atoms with Crippen LogP contribution < -0.4 is 9.64 Å². The molecule has 1 saturated heterocycles. The number of likely N-dealkylation sites (tertiary alicyclic amines) is 1. The van der Waals surface area contributed by atoms with Crippen LogP contribution in [0.2, 0.25) is 0 Å². The summed E-state index contributed by atoms with van der Waals surface area (Å²) in [6.45, 7) is 11.9. The van der Waals surface area contributed by atoms with Crippen molar-refractivity contribution >= 4 is 24.0 Å². The zero-order valence-electron chi connectivity index (χ0n) is 15.9. The van der Waals surface area contributed by atoms with Crippen LogP contribution in [0.25, 0.3) is 0 Å². The van der Waals surface area contributed by atoms with Crippen molar-refractivity contribution in [3.63, 3.8) is 0 Å². The molecule has 2 aliphatic rings. The first-order chi connectivity index (χ1) is 11.4. The monoisotopic (exact) mass is 366 g/mol. The lowest BCUT2D eigenvalue weighted by Gasteiger charge is -2.46. The van der Waals surface area contributed by atoms with Gasteiger partial charge in [-0.25, -0.2) is 0 Å². The van der Waals surface area contributed by atoms with Crippen molar-refractivity contribution in [3.05, 3.63) is 23.8 Å². The highest BCUT2D eigenvalue weighted by Gasteiger charge is 2.40. The van der Waals surface area contributed by atoms with Gasteiger partial charge in [-0.1, -0.05) is 6.92 Å². The molecule has 2 heterocycles. The van der Waals surface area contributed by atoms with E-state index in [1.807, 2.05) is 17.9 Å². The maximum atomic E-state index is 13.1. The number of amides is 1. The third-order valence-corrected chi connectivity index (χ3v) is 5.30. The summed E-state index contributed by atoms with van der Waals surface area (Å²) in [5.41, 5.74) is 2.14. The minimum atomic E-state index is -0.156. The number of ether oxygens (including phenoxy) is 1. The van der Waals surface area contributed by atoms with Crippen molar-refractivity contribution < 1.29 is 9.53 Å². The van der Waals surface area contributed by atoms with Crippen molar-refractivity contribution in [1.29, 1.82) is 0 Å². The topological polar surface area (TPSA) is 32.8 Å². The molecule has 0 N–H and O–H groups in total. The molecule has 140 valence electrons. The van der Waals surface area contributed by atoms with Gasteiger partial charge < -0.3 is 9.64 Å². The van der Waals surface area contributed by atoms with E-state index >= 15 is 0 Å². The Balaban J connectivity index is 0.00000225. The Morgan fingerprint density at radius 3 is 2.60 bits per heavy atom.